The van der Waals surface area contributed by atoms with E-state index in [1.54, 1.807) is 38.2 Å². The van der Waals surface area contributed by atoms with E-state index in [1.807, 2.05) is 159 Å². The zero-order valence-electron chi connectivity index (χ0n) is 38.2. The van der Waals surface area contributed by atoms with Crippen LogP contribution >= 0.6 is 0 Å². The monoisotopic (exact) mass is 886 g/mol. The molecule has 0 bridgehead atoms. The van der Waals surface area contributed by atoms with Gasteiger partial charge in [-0.05, 0) is 146 Å². The van der Waals surface area contributed by atoms with Crippen LogP contribution in [0, 0.1) is 0 Å². The maximum atomic E-state index is 15.0. The molecule has 2 aliphatic rings. The van der Waals surface area contributed by atoms with Crippen LogP contribution in [-0.4, -0.2) is 89.6 Å². The molecule has 12 nitrogen and oxygen atoms in total. The highest BCUT2D eigenvalue weighted by atomic mass is 16.5. The summed E-state index contributed by atoms with van der Waals surface area (Å²) in [5.41, 5.74) is 8.67. The van der Waals surface area contributed by atoms with E-state index in [9.17, 15) is 9.59 Å². The first-order valence-corrected chi connectivity index (χ1v) is 22.0. The molecule has 12 heteroatoms. The van der Waals surface area contributed by atoms with Crippen molar-refractivity contribution >= 4 is 57.3 Å². The van der Waals surface area contributed by atoms with Gasteiger partial charge < -0.3 is 48.0 Å². The van der Waals surface area contributed by atoms with Crippen molar-refractivity contribution in [3.63, 3.8) is 0 Å². The highest BCUT2D eigenvalue weighted by Gasteiger charge is 2.48. The van der Waals surface area contributed by atoms with E-state index in [2.05, 4.69) is 9.80 Å². The molecule has 0 aromatic heterocycles. The lowest BCUT2D eigenvalue weighted by Gasteiger charge is -2.28. The van der Waals surface area contributed by atoms with Crippen molar-refractivity contribution in [2.45, 2.75) is 13.8 Å². The molecule has 2 aliphatic heterocycles. The van der Waals surface area contributed by atoms with Crippen molar-refractivity contribution in [2.75, 3.05) is 77.8 Å². The van der Waals surface area contributed by atoms with Crippen molar-refractivity contribution in [1.29, 1.82) is 0 Å². The molecule has 0 saturated carbocycles. The van der Waals surface area contributed by atoms with Crippen molar-refractivity contribution < 1.29 is 38.0 Å². The maximum absolute atomic E-state index is 15.0. The van der Waals surface area contributed by atoms with E-state index in [-0.39, 0.29) is 24.9 Å². The lowest BCUT2D eigenvalue weighted by molar-refractivity contribution is -0.124. The number of rotatable bonds is 20. The number of carbonyl (C=O) groups is 2. The van der Waals surface area contributed by atoms with Crippen molar-refractivity contribution in [3.05, 3.63) is 168 Å². The van der Waals surface area contributed by atoms with Crippen molar-refractivity contribution in [2.24, 2.45) is 0 Å². The zero-order chi connectivity index (χ0) is 46.2. The number of amides is 2. The highest BCUT2D eigenvalue weighted by molar-refractivity contribution is 6.30. The Hall–Kier alpha value is -7.54. The normalized spacial score (nSPS) is 13.4. The average Bonchev–Trinajstić information content (AvgIpc) is 3.81. The molecule has 6 aromatic carbocycles. The zero-order valence-corrected chi connectivity index (χ0v) is 38.2. The summed E-state index contributed by atoms with van der Waals surface area (Å²) in [4.78, 5) is 37.6. The van der Waals surface area contributed by atoms with Gasteiger partial charge in [0, 0.05) is 60.4 Å². The number of hydrogen-bond acceptors (Lipinski definition) is 10. The Kier molecular flexibility index (Phi) is 14.0. The van der Waals surface area contributed by atoms with Gasteiger partial charge in [0.25, 0.3) is 11.8 Å². The number of benzene rings is 6. The summed E-state index contributed by atoms with van der Waals surface area (Å²) < 4.78 is 33.4. The lowest BCUT2D eigenvalue weighted by atomic mass is 10.0. The minimum absolute atomic E-state index is 0.258. The highest BCUT2D eigenvalue weighted by Crippen LogP contribution is 2.48. The molecule has 66 heavy (non-hydrogen) atoms. The number of fused-ring (bicyclic) bond motifs is 1. The Balaban J connectivity index is 1.23. The summed E-state index contributed by atoms with van der Waals surface area (Å²) in [5, 5.41) is 0. The van der Waals surface area contributed by atoms with Gasteiger partial charge in [-0.1, -0.05) is 24.3 Å². The number of carbonyl (C=O) groups excluding carboxylic acids is 2. The van der Waals surface area contributed by atoms with Crippen LogP contribution in [-0.2, 0) is 19.1 Å². The van der Waals surface area contributed by atoms with Crippen molar-refractivity contribution in [1.82, 2.24) is 9.80 Å². The van der Waals surface area contributed by atoms with Crippen LogP contribution in [0.4, 0.5) is 34.1 Å². The summed E-state index contributed by atoms with van der Waals surface area (Å²) in [5.74, 6) is 2.47. The number of anilines is 6. The second kappa shape index (κ2) is 20.5. The lowest BCUT2D eigenvalue weighted by Crippen LogP contribution is -2.33. The topological polar surface area (TPSA) is 102 Å². The molecule has 6 aromatic rings. The third-order valence-electron chi connectivity index (χ3n) is 11.6. The minimum Gasteiger partial charge on any atom is -0.497 e. The van der Waals surface area contributed by atoms with Gasteiger partial charge in [-0.25, -0.2) is 0 Å². The SMILES string of the molecule is CCOCCN1C(=O)C2=C(c3ccc(N(c4ccc(OC)cc4)c4ccc(OC)cc4)cc3)N(CCOCC)C(=O)C2=C1c1ccc(N(c2ccc(OC)cc2)c2ccc(OC)cc2)cc1. The number of methoxy groups -OCH3 is 4. The molecule has 0 spiro atoms. The van der Waals surface area contributed by atoms with Gasteiger partial charge in [0.2, 0.25) is 0 Å². The Bertz CT molecular complexity index is 2400. The molecule has 2 heterocycles. The van der Waals surface area contributed by atoms with Gasteiger partial charge in [0.1, 0.15) is 23.0 Å². The molecule has 0 saturated heterocycles. The first-order chi connectivity index (χ1) is 32.3. The molecule has 0 unspecified atom stereocenters. The third-order valence-corrected chi connectivity index (χ3v) is 11.6. The molecule has 0 N–H and O–H groups in total. The largest absolute Gasteiger partial charge is 0.497 e. The quantitative estimate of drug-likeness (QED) is 0.0689. The van der Waals surface area contributed by atoms with Crippen LogP contribution < -0.4 is 28.7 Å². The fourth-order valence-electron chi connectivity index (χ4n) is 8.38. The minimum atomic E-state index is -0.258. The van der Waals surface area contributed by atoms with Gasteiger partial charge in [-0.15, -0.1) is 0 Å². The van der Waals surface area contributed by atoms with Gasteiger partial charge in [0.05, 0.1) is 64.2 Å². The van der Waals surface area contributed by atoms with Gasteiger partial charge >= 0.3 is 0 Å². The second-order valence-electron chi connectivity index (χ2n) is 15.3. The van der Waals surface area contributed by atoms with Crippen LogP contribution in [0.5, 0.6) is 23.0 Å². The molecule has 0 fully saturated rings. The molecule has 338 valence electrons. The smallest absolute Gasteiger partial charge is 0.261 e. The van der Waals surface area contributed by atoms with Crippen LogP contribution in [0.25, 0.3) is 11.4 Å². The van der Waals surface area contributed by atoms with E-state index in [0.29, 0.717) is 49.0 Å². The predicted octanol–water partition coefficient (Wildman–Crippen LogP) is 10.5. The summed E-state index contributed by atoms with van der Waals surface area (Å²) in [6, 6.07) is 47.3. The molecule has 0 radical (unpaired) electrons. The van der Waals surface area contributed by atoms with Crippen LogP contribution in [0.2, 0.25) is 0 Å². The van der Waals surface area contributed by atoms with E-state index < -0.39 is 0 Å². The second-order valence-corrected chi connectivity index (χ2v) is 15.3. The fourth-order valence-corrected chi connectivity index (χ4v) is 8.38. The molecular formula is C54H54N4O8. The van der Waals surface area contributed by atoms with E-state index in [4.69, 9.17) is 28.4 Å². The summed E-state index contributed by atoms with van der Waals surface area (Å²) in [7, 11) is 6.58. The van der Waals surface area contributed by atoms with Crippen LogP contribution in [0.3, 0.4) is 0 Å². The molecular weight excluding hydrogens is 833 g/mol. The predicted molar refractivity (Wildman–Crippen MR) is 259 cm³/mol. The Morgan fingerprint density at radius 1 is 0.379 bits per heavy atom. The number of nitrogens with zero attached hydrogens (tertiary/aromatic N) is 4. The molecule has 0 aliphatic carbocycles. The summed E-state index contributed by atoms with van der Waals surface area (Å²) >= 11 is 0. The van der Waals surface area contributed by atoms with Crippen molar-refractivity contribution in [3.8, 4) is 23.0 Å². The first-order valence-electron chi connectivity index (χ1n) is 22.0. The Morgan fingerprint density at radius 3 is 0.848 bits per heavy atom. The molecule has 0 atom stereocenters. The van der Waals surface area contributed by atoms with Crippen LogP contribution in [0.1, 0.15) is 25.0 Å². The number of ether oxygens (including phenoxy) is 6. The summed E-state index contributed by atoms with van der Waals surface area (Å²) in [6.45, 7) is 5.94. The first kappa shape index (κ1) is 45.0. The average molecular weight is 887 g/mol. The maximum Gasteiger partial charge on any atom is 0.261 e. The van der Waals surface area contributed by atoms with E-state index >= 15 is 0 Å². The fraction of sp³-hybridized carbons (Fsp3) is 0.222. The summed E-state index contributed by atoms with van der Waals surface area (Å²) in [6.07, 6.45) is 0. The third kappa shape index (κ3) is 9.06. The van der Waals surface area contributed by atoms with E-state index in [1.165, 1.54) is 0 Å². The van der Waals surface area contributed by atoms with Gasteiger partial charge in [-0.3, -0.25) is 9.59 Å². The molecule has 2 amide bonds. The van der Waals surface area contributed by atoms with Gasteiger partial charge in [0.15, 0.2) is 0 Å². The molecule has 8 rings (SSSR count). The Labute approximate surface area is 386 Å². The van der Waals surface area contributed by atoms with E-state index in [0.717, 1.165) is 68.2 Å². The number of hydrogen-bond donors (Lipinski definition) is 0. The van der Waals surface area contributed by atoms with Gasteiger partial charge in [-0.2, -0.15) is 0 Å². The van der Waals surface area contributed by atoms with Crippen LogP contribution in [0.15, 0.2) is 157 Å². The standard InChI is InChI=1S/C54H54N4O8/c1-7-65-35-33-55-51(37-9-13-39(14-10-37)57(41-17-25-45(61-3)26-18-41)42-19-27-46(62-4)28-20-42)49-50(53(55)59)52(56(54(49)60)34-36-66-8-2)38-11-15-40(16-12-38)58(43-21-29-47(63-5)30-22-43)44-23-31-48(64-6)32-24-44/h9-32H,7-8,33-36H2,1-6H3. The Morgan fingerprint density at radius 2 is 0.621 bits per heavy atom.